The number of nitrogens with two attached hydrogens (primary N) is 1. The lowest BCUT2D eigenvalue weighted by Crippen LogP contribution is -2.53. The molecule has 1 heterocycles. The third-order valence-corrected chi connectivity index (χ3v) is 6.32. The van der Waals surface area contributed by atoms with Crippen molar-refractivity contribution in [2.45, 2.75) is 37.8 Å². The normalized spacial score (nSPS) is 18.4. The van der Waals surface area contributed by atoms with Gasteiger partial charge in [-0.15, -0.1) is 0 Å². The maximum atomic E-state index is 13.2. The highest BCUT2D eigenvalue weighted by molar-refractivity contribution is 6.01. The molecule has 2 atom stereocenters. The number of benzene rings is 2. The number of nitrogens with one attached hydrogen (secondary N) is 3. The average molecular weight is 554 g/mol. The van der Waals surface area contributed by atoms with Gasteiger partial charge in [-0.25, -0.2) is 0 Å². The highest BCUT2D eigenvalue weighted by atomic mass is 16.5. The molecule has 0 bridgehead atoms. The van der Waals surface area contributed by atoms with Gasteiger partial charge in [-0.3, -0.25) is 24.0 Å². The molecule has 214 valence electrons. The van der Waals surface area contributed by atoms with Crippen molar-refractivity contribution < 1.29 is 33.4 Å². The molecule has 0 aromatic heterocycles. The number of carbonyl (C=O) groups excluding carboxylic acids is 5. The molecule has 0 radical (unpaired) electrons. The predicted octanol–water partition coefficient (Wildman–Crippen LogP) is 0.144. The number of methoxy groups -OCH3 is 1. The highest BCUT2D eigenvalue weighted by Crippen LogP contribution is 2.19. The Morgan fingerprint density at radius 1 is 1.12 bits per heavy atom. The van der Waals surface area contributed by atoms with Crippen LogP contribution in [-0.2, 0) is 25.6 Å². The number of likely N-dealkylation sites (N-methyl/N-ethyl adjacent to an activating group) is 1. The number of amides is 5. The van der Waals surface area contributed by atoms with Crippen molar-refractivity contribution in [2.75, 3.05) is 33.9 Å². The van der Waals surface area contributed by atoms with E-state index >= 15 is 0 Å². The lowest BCUT2D eigenvalue weighted by Gasteiger charge is -2.26. The van der Waals surface area contributed by atoms with Crippen molar-refractivity contribution in [2.24, 2.45) is 5.73 Å². The topological polar surface area (TPSA) is 169 Å². The summed E-state index contributed by atoms with van der Waals surface area (Å²) in [6.07, 6.45) is 0.378. The lowest BCUT2D eigenvalue weighted by molar-refractivity contribution is -0.137. The Bertz CT molecular complexity index is 1240. The van der Waals surface area contributed by atoms with E-state index in [0.29, 0.717) is 12.8 Å². The van der Waals surface area contributed by atoms with Gasteiger partial charge in [0.25, 0.3) is 5.91 Å². The van der Waals surface area contributed by atoms with Crippen molar-refractivity contribution in [1.29, 1.82) is 0 Å². The van der Waals surface area contributed by atoms with E-state index in [1.807, 2.05) is 24.3 Å². The fourth-order valence-corrected chi connectivity index (χ4v) is 4.19. The Hall–Kier alpha value is -4.61. The fourth-order valence-electron chi connectivity index (χ4n) is 4.19. The van der Waals surface area contributed by atoms with E-state index < -0.39 is 54.5 Å². The molecule has 2 aromatic carbocycles. The molecule has 3 rings (SSSR count). The summed E-state index contributed by atoms with van der Waals surface area (Å²) in [4.78, 5) is 65.0. The Kier molecular flexibility index (Phi) is 10.9. The number of hydrogen-bond donors (Lipinski definition) is 4. The van der Waals surface area contributed by atoms with Crippen molar-refractivity contribution in [3.05, 3.63) is 59.7 Å². The zero-order chi connectivity index (χ0) is 29.1. The van der Waals surface area contributed by atoms with Gasteiger partial charge in [0, 0.05) is 13.6 Å². The number of hydrogen-bond acceptors (Lipinski definition) is 7. The minimum absolute atomic E-state index is 0.0426. The van der Waals surface area contributed by atoms with Crippen molar-refractivity contribution >= 4 is 29.5 Å². The van der Waals surface area contributed by atoms with Crippen LogP contribution in [0.4, 0.5) is 0 Å². The van der Waals surface area contributed by atoms with Gasteiger partial charge in [0.05, 0.1) is 32.1 Å². The number of rotatable bonds is 8. The lowest BCUT2D eigenvalue weighted by atomic mass is 10.1. The Balaban J connectivity index is 1.76. The van der Waals surface area contributed by atoms with Gasteiger partial charge in [-0.1, -0.05) is 24.3 Å². The Morgan fingerprint density at radius 2 is 1.90 bits per heavy atom. The third-order valence-electron chi connectivity index (χ3n) is 6.32. The van der Waals surface area contributed by atoms with Gasteiger partial charge >= 0.3 is 0 Å². The number of primary amides is 1. The molecule has 0 saturated carbocycles. The molecule has 40 heavy (non-hydrogen) atoms. The molecule has 0 unspecified atom stereocenters. The van der Waals surface area contributed by atoms with E-state index in [4.69, 9.17) is 15.2 Å². The highest BCUT2D eigenvalue weighted by Gasteiger charge is 2.30. The molecule has 1 aliphatic heterocycles. The first kappa shape index (κ1) is 29.9. The van der Waals surface area contributed by atoms with E-state index in [1.165, 1.54) is 18.0 Å². The maximum Gasteiger partial charge on any atom is 0.255 e. The molecule has 0 fully saturated rings. The minimum atomic E-state index is -1.26. The fraction of sp³-hybridized carbons (Fsp3) is 0.393. The average Bonchev–Trinajstić information content (AvgIpc) is 2.93. The van der Waals surface area contributed by atoms with Gasteiger partial charge in [0.2, 0.25) is 23.6 Å². The van der Waals surface area contributed by atoms with Crippen LogP contribution in [0.15, 0.2) is 48.5 Å². The van der Waals surface area contributed by atoms with Gasteiger partial charge in [-0.2, -0.15) is 0 Å². The molecule has 0 spiro atoms. The number of carbonyl (C=O) groups is 5. The number of aryl methyl sites for hydroxylation is 1. The number of nitrogens with zero attached hydrogens (tertiary/aromatic N) is 1. The largest absolute Gasteiger partial charge is 0.497 e. The standard InChI is InChI=1S/C28H35N5O7/c1-33-13-14-40-23-11-4-3-10-20(23)26(36)32-21(17-25(35)31-22(28(33)38)16-24(29)34)27(37)30-12-6-8-18-7-5-9-19(15-18)39-2/h3-5,7,9-11,15,21-22H,6,8,12-14,16-17H2,1-2H3,(H2,29,34)(H,30,37)(H,31,35)(H,32,36)/t21-,22-/m0/s1. The van der Waals surface area contributed by atoms with Crippen LogP contribution >= 0.6 is 0 Å². The second-order valence-corrected chi connectivity index (χ2v) is 9.37. The van der Waals surface area contributed by atoms with Crippen LogP contribution in [0.1, 0.15) is 35.2 Å². The Labute approximate surface area is 232 Å². The maximum absolute atomic E-state index is 13.2. The monoisotopic (exact) mass is 553 g/mol. The van der Waals surface area contributed by atoms with Crippen LogP contribution in [0.2, 0.25) is 0 Å². The van der Waals surface area contributed by atoms with Crippen LogP contribution < -0.4 is 31.2 Å². The molecule has 2 aromatic rings. The van der Waals surface area contributed by atoms with Crippen LogP contribution in [0, 0.1) is 0 Å². The molecule has 0 aliphatic carbocycles. The van der Waals surface area contributed by atoms with E-state index in [9.17, 15) is 24.0 Å². The SMILES string of the molecule is COc1cccc(CCCNC(=O)[C@@H]2CC(=O)N[C@@H](CC(N)=O)C(=O)N(C)CCOc3ccccc3C(=O)N2)c1. The molecular weight excluding hydrogens is 518 g/mol. The number of para-hydroxylation sites is 1. The van der Waals surface area contributed by atoms with Crippen molar-refractivity contribution in [1.82, 2.24) is 20.9 Å². The van der Waals surface area contributed by atoms with E-state index in [1.54, 1.807) is 25.3 Å². The zero-order valence-corrected chi connectivity index (χ0v) is 22.6. The van der Waals surface area contributed by atoms with Gasteiger partial charge < -0.3 is 36.1 Å². The van der Waals surface area contributed by atoms with Crippen LogP contribution in [-0.4, -0.2) is 80.4 Å². The van der Waals surface area contributed by atoms with Crippen LogP contribution in [0.5, 0.6) is 11.5 Å². The first-order valence-electron chi connectivity index (χ1n) is 12.9. The zero-order valence-electron chi connectivity index (χ0n) is 22.6. The summed E-state index contributed by atoms with van der Waals surface area (Å²) < 4.78 is 11.0. The molecule has 0 saturated heterocycles. The summed E-state index contributed by atoms with van der Waals surface area (Å²) in [6, 6.07) is 11.6. The molecule has 12 heteroatoms. The summed E-state index contributed by atoms with van der Waals surface area (Å²) in [6.45, 7) is 0.457. The molecule has 12 nitrogen and oxygen atoms in total. The van der Waals surface area contributed by atoms with E-state index in [-0.39, 0.29) is 31.0 Å². The van der Waals surface area contributed by atoms with E-state index in [0.717, 1.165) is 11.3 Å². The smallest absolute Gasteiger partial charge is 0.255 e. The first-order valence-corrected chi connectivity index (χ1v) is 12.9. The van der Waals surface area contributed by atoms with Crippen molar-refractivity contribution in [3.63, 3.8) is 0 Å². The minimum Gasteiger partial charge on any atom is -0.497 e. The number of fused-ring (bicyclic) bond motifs is 1. The summed E-state index contributed by atoms with van der Waals surface area (Å²) >= 11 is 0. The Morgan fingerprint density at radius 3 is 2.65 bits per heavy atom. The molecule has 5 amide bonds. The van der Waals surface area contributed by atoms with Gasteiger partial charge in [-0.05, 0) is 42.7 Å². The first-order chi connectivity index (χ1) is 19.2. The summed E-state index contributed by atoms with van der Waals surface area (Å²) in [7, 11) is 3.09. The van der Waals surface area contributed by atoms with Gasteiger partial charge in [0.1, 0.15) is 30.2 Å². The quantitative estimate of drug-likeness (QED) is 0.337. The number of ether oxygens (including phenoxy) is 2. The van der Waals surface area contributed by atoms with Gasteiger partial charge in [0.15, 0.2) is 0 Å². The second kappa shape index (κ2) is 14.5. The summed E-state index contributed by atoms with van der Waals surface area (Å²) in [5.74, 6) is -2.20. The molecule has 5 N–H and O–H groups in total. The molecular formula is C28H35N5O7. The summed E-state index contributed by atoms with van der Waals surface area (Å²) in [5, 5.41) is 7.86. The van der Waals surface area contributed by atoms with E-state index in [2.05, 4.69) is 16.0 Å². The predicted molar refractivity (Wildman–Crippen MR) is 146 cm³/mol. The molecule has 1 aliphatic rings. The summed E-state index contributed by atoms with van der Waals surface area (Å²) in [5.41, 5.74) is 6.51. The van der Waals surface area contributed by atoms with Crippen LogP contribution in [0.25, 0.3) is 0 Å². The van der Waals surface area contributed by atoms with Crippen LogP contribution in [0.3, 0.4) is 0 Å². The van der Waals surface area contributed by atoms with Crippen molar-refractivity contribution in [3.8, 4) is 11.5 Å². The third kappa shape index (κ3) is 8.72. The second-order valence-electron chi connectivity index (χ2n) is 9.37.